The van der Waals surface area contributed by atoms with Crippen LogP contribution in [0, 0.1) is 5.82 Å². The van der Waals surface area contributed by atoms with Crippen LogP contribution in [-0.4, -0.2) is 48.4 Å². The molecule has 2 heterocycles. The maximum Gasteiger partial charge on any atom is 0.243 e. The zero-order valence-corrected chi connectivity index (χ0v) is 13.8. The molecule has 0 radical (unpaired) electrons. The fraction of sp³-hybridized carbons (Fsp3) is 0.333. The Morgan fingerprint density at radius 3 is 2.67 bits per heavy atom. The summed E-state index contributed by atoms with van der Waals surface area (Å²) in [6.07, 6.45) is 3.20. The molecule has 3 rings (SSSR count). The zero-order valence-electron chi connectivity index (χ0n) is 13.0. The average Bonchev–Trinajstić information content (AvgIpc) is 2.53. The second kappa shape index (κ2) is 6.70. The summed E-state index contributed by atoms with van der Waals surface area (Å²) in [4.78, 5) is 7.98. The van der Waals surface area contributed by atoms with E-state index in [9.17, 15) is 12.8 Å². The zero-order chi connectivity index (χ0) is 17.2. The maximum absolute atomic E-state index is 13.9. The molecule has 0 saturated carbocycles. The van der Waals surface area contributed by atoms with E-state index < -0.39 is 15.8 Å². The van der Waals surface area contributed by atoms with Crippen LogP contribution in [0.4, 0.5) is 10.3 Å². The van der Waals surface area contributed by atoms with Crippen LogP contribution in [0.25, 0.3) is 0 Å². The molecule has 1 N–H and O–H groups in total. The number of hydrogen-bond donors (Lipinski definition) is 1. The van der Waals surface area contributed by atoms with Crippen LogP contribution in [0.5, 0.6) is 5.75 Å². The number of benzene rings is 1. The lowest BCUT2D eigenvalue weighted by atomic mass is 10.2. The van der Waals surface area contributed by atoms with Crippen molar-refractivity contribution < 1.29 is 17.5 Å². The topological polar surface area (TPSA) is 84.4 Å². The Labute approximate surface area is 139 Å². The molecule has 1 aliphatic heterocycles. The van der Waals surface area contributed by atoms with Crippen LogP contribution >= 0.6 is 0 Å². The number of anilines is 1. The van der Waals surface area contributed by atoms with E-state index in [-0.39, 0.29) is 29.8 Å². The highest BCUT2D eigenvalue weighted by atomic mass is 32.2. The second-order valence-electron chi connectivity index (χ2n) is 5.26. The van der Waals surface area contributed by atoms with Crippen molar-refractivity contribution in [3.05, 3.63) is 42.5 Å². The van der Waals surface area contributed by atoms with Crippen molar-refractivity contribution in [3.63, 3.8) is 0 Å². The Kier molecular flexibility index (Phi) is 4.63. The van der Waals surface area contributed by atoms with E-state index >= 15 is 0 Å². The molecule has 0 unspecified atom stereocenters. The van der Waals surface area contributed by atoms with E-state index in [1.165, 1.54) is 16.4 Å². The van der Waals surface area contributed by atoms with Gasteiger partial charge in [0.15, 0.2) is 11.6 Å². The highest BCUT2D eigenvalue weighted by Crippen LogP contribution is 2.26. The number of sulfonamides is 1. The lowest BCUT2D eigenvalue weighted by Gasteiger charge is -2.38. The lowest BCUT2D eigenvalue weighted by molar-refractivity contribution is 0.279. The van der Waals surface area contributed by atoms with Crippen LogP contribution < -0.4 is 10.1 Å². The van der Waals surface area contributed by atoms with Crippen LogP contribution in [0.2, 0.25) is 0 Å². The SMILES string of the molecule is CCOc1ccc(S(=O)(=O)N2CC(Nc3ncccn3)C2)cc1F. The first kappa shape index (κ1) is 16.6. The molecule has 7 nitrogen and oxygen atoms in total. The van der Waals surface area contributed by atoms with Crippen molar-refractivity contribution in [1.29, 1.82) is 0 Å². The van der Waals surface area contributed by atoms with Gasteiger partial charge in [0.2, 0.25) is 16.0 Å². The molecule has 0 bridgehead atoms. The molecular formula is C15H17FN4O3S. The standard InChI is InChI=1S/C15H17FN4O3S/c1-2-23-14-5-4-12(8-13(14)16)24(21,22)20-9-11(10-20)19-15-17-6-3-7-18-15/h3-8,11H,2,9-10H2,1H3,(H,17,18,19). The Hall–Kier alpha value is -2.26. The summed E-state index contributed by atoms with van der Waals surface area (Å²) in [7, 11) is -3.72. The van der Waals surface area contributed by atoms with Gasteiger partial charge < -0.3 is 10.1 Å². The van der Waals surface area contributed by atoms with E-state index in [0.717, 1.165) is 6.07 Å². The van der Waals surface area contributed by atoms with Crippen LogP contribution in [-0.2, 0) is 10.0 Å². The molecule has 0 amide bonds. The van der Waals surface area contributed by atoms with E-state index in [0.29, 0.717) is 12.6 Å². The molecule has 9 heteroatoms. The van der Waals surface area contributed by atoms with Gasteiger partial charge in [0, 0.05) is 25.5 Å². The monoisotopic (exact) mass is 352 g/mol. The Morgan fingerprint density at radius 1 is 1.33 bits per heavy atom. The van der Waals surface area contributed by atoms with Gasteiger partial charge in [0.05, 0.1) is 17.5 Å². The Bertz CT molecular complexity index is 811. The summed E-state index contributed by atoms with van der Waals surface area (Å²) in [6, 6.07) is 5.29. The lowest BCUT2D eigenvalue weighted by Crippen LogP contribution is -2.56. The van der Waals surface area contributed by atoms with Crippen molar-refractivity contribution in [2.75, 3.05) is 25.0 Å². The van der Waals surface area contributed by atoms with E-state index in [1.54, 1.807) is 25.4 Å². The van der Waals surface area contributed by atoms with Gasteiger partial charge in [-0.25, -0.2) is 22.8 Å². The van der Waals surface area contributed by atoms with Crippen LogP contribution in [0.1, 0.15) is 6.92 Å². The van der Waals surface area contributed by atoms with Gasteiger partial charge in [0.25, 0.3) is 0 Å². The van der Waals surface area contributed by atoms with Crippen LogP contribution in [0.3, 0.4) is 0 Å². The molecule has 24 heavy (non-hydrogen) atoms. The van der Waals surface area contributed by atoms with Crippen molar-refractivity contribution in [2.24, 2.45) is 0 Å². The van der Waals surface area contributed by atoms with Gasteiger partial charge >= 0.3 is 0 Å². The number of nitrogens with zero attached hydrogens (tertiary/aromatic N) is 3. The van der Waals surface area contributed by atoms with Gasteiger partial charge in [-0.05, 0) is 31.2 Å². The molecule has 1 aromatic heterocycles. The van der Waals surface area contributed by atoms with E-state index in [2.05, 4.69) is 15.3 Å². The molecule has 128 valence electrons. The number of nitrogens with one attached hydrogen (secondary N) is 1. The molecule has 1 aromatic carbocycles. The summed E-state index contributed by atoms with van der Waals surface area (Å²) >= 11 is 0. The summed E-state index contributed by atoms with van der Waals surface area (Å²) in [5, 5.41) is 3.05. The summed E-state index contributed by atoms with van der Waals surface area (Å²) < 4.78 is 45.2. The van der Waals surface area contributed by atoms with Gasteiger partial charge in [-0.3, -0.25) is 0 Å². The van der Waals surface area contributed by atoms with Crippen molar-refractivity contribution >= 4 is 16.0 Å². The third-order valence-electron chi connectivity index (χ3n) is 3.59. The second-order valence-corrected chi connectivity index (χ2v) is 7.20. The first-order valence-electron chi connectivity index (χ1n) is 7.46. The Morgan fingerprint density at radius 2 is 2.04 bits per heavy atom. The molecular weight excluding hydrogens is 335 g/mol. The third-order valence-corrected chi connectivity index (χ3v) is 5.42. The van der Waals surface area contributed by atoms with Crippen molar-refractivity contribution in [1.82, 2.24) is 14.3 Å². The molecule has 0 spiro atoms. The molecule has 0 atom stereocenters. The number of rotatable bonds is 6. The minimum Gasteiger partial charge on any atom is -0.491 e. The molecule has 1 aliphatic rings. The van der Waals surface area contributed by atoms with Gasteiger partial charge in [-0.2, -0.15) is 4.31 Å². The highest BCUT2D eigenvalue weighted by molar-refractivity contribution is 7.89. The number of aromatic nitrogens is 2. The smallest absolute Gasteiger partial charge is 0.243 e. The predicted molar refractivity (Wildman–Crippen MR) is 85.8 cm³/mol. The van der Waals surface area contributed by atoms with Gasteiger partial charge in [-0.1, -0.05) is 0 Å². The van der Waals surface area contributed by atoms with Crippen molar-refractivity contribution in [3.8, 4) is 5.75 Å². The van der Waals surface area contributed by atoms with E-state index in [1.807, 2.05) is 0 Å². The minimum atomic E-state index is -3.72. The largest absolute Gasteiger partial charge is 0.491 e. The Balaban J connectivity index is 1.66. The fourth-order valence-corrected chi connectivity index (χ4v) is 3.89. The van der Waals surface area contributed by atoms with Crippen molar-refractivity contribution in [2.45, 2.75) is 17.9 Å². The predicted octanol–water partition coefficient (Wildman–Crippen LogP) is 1.50. The molecule has 0 aliphatic carbocycles. The summed E-state index contributed by atoms with van der Waals surface area (Å²) in [6.45, 7) is 2.59. The first-order chi connectivity index (χ1) is 11.5. The average molecular weight is 352 g/mol. The first-order valence-corrected chi connectivity index (χ1v) is 8.90. The normalized spacial score (nSPS) is 15.8. The van der Waals surface area contributed by atoms with Crippen LogP contribution in [0.15, 0.2) is 41.6 Å². The minimum absolute atomic E-state index is 0.0424. The molecule has 2 aromatic rings. The molecule has 1 fully saturated rings. The maximum atomic E-state index is 13.9. The fourth-order valence-electron chi connectivity index (χ4n) is 2.35. The van der Waals surface area contributed by atoms with Gasteiger partial charge in [-0.15, -0.1) is 0 Å². The highest BCUT2D eigenvalue weighted by Gasteiger charge is 2.37. The third kappa shape index (κ3) is 3.31. The number of hydrogen-bond acceptors (Lipinski definition) is 6. The van der Waals surface area contributed by atoms with E-state index in [4.69, 9.17) is 4.74 Å². The number of halogens is 1. The number of ether oxygens (including phenoxy) is 1. The molecule has 1 saturated heterocycles. The quantitative estimate of drug-likeness (QED) is 0.848. The summed E-state index contributed by atoms with van der Waals surface area (Å²) in [5.74, 6) is -0.196. The summed E-state index contributed by atoms with van der Waals surface area (Å²) in [5.41, 5.74) is 0. The van der Waals surface area contributed by atoms with Gasteiger partial charge in [0.1, 0.15) is 0 Å².